The second-order valence-electron chi connectivity index (χ2n) is 8.20. The Hall–Kier alpha value is -3.65. The standard InChI is InChI=1S/C25H29N5O3/c31-30(32)23-10-8-20(9-11-23)17-26-25(27-18-24-7-4-16-33-24)28-22-12-14-29(15-13-22)19-21-5-2-1-3-6-21/h1-11,16,22H,12-15,17-19H2,(H2,26,27,28). The normalized spacial score (nSPS) is 15.3. The van der Waals surface area contributed by atoms with Crippen molar-refractivity contribution in [1.82, 2.24) is 15.5 Å². The molecule has 1 fully saturated rings. The highest BCUT2D eigenvalue weighted by Gasteiger charge is 2.20. The topological polar surface area (TPSA) is 95.9 Å². The summed E-state index contributed by atoms with van der Waals surface area (Å²) in [6, 6.07) is 21.2. The van der Waals surface area contributed by atoms with E-state index in [-0.39, 0.29) is 5.69 Å². The minimum absolute atomic E-state index is 0.0827. The number of nitrogens with one attached hydrogen (secondary N) is 2. The molecule has 0 unspecified atom stereocenters. The van der Waals surface area contributed by atoms with E-state index >= 15 is 0 Å². The first-order valence-electron chi connectivity index (χ1n) is 11.2. The average molecular weight is 448 g/mol. The molecule has 8 nitrogen and oxygen atoms in total. The van der Waals surface area contributed by atoms with E-state index < -0.39 is 4.92 Å². The summed E-state index contributed by atoms with van der Waals surface area (Å²) in [6.45, 7) is 4.00. The van der Waals surface area contributed by atoms with Crippen molar-refractivity contribution in [3.8, 4) is 0 Å². The molecule has 2 heterocycles. The second-order valence-corrected chi connectivity index (χ2v) is 8.20. The first-order valence-corrected chi connectivity index (χ1v) is 11.2. The number of nitrogens with zero attached hydrogens (tertiary/aromatic N) is 3. The predicted octanol–water partition coefficient (Wildman–Crippen LogP) is 4.09. The predicted molar refractivity (Wildman–Crippen MR) is 128 cm³/mol. The smallest absolute Gasteiger partial charge is 0.269 e. The number of rotatable bonds is 8. The molecule has 0 bridgehead atoms. The lowest BCUT2D eigenvalue weighted by molar-refractivity contribution is -0.384. The van der Waals surface area contributed by atoms with Crippen LogP contribution in [0, 0.1) is 10.1 Å². The second kappa shape index (κ2) is 11.3. The molecule has 3 aromatic rings. The summed E-state index contributed by atoms with van der Waals surface area (Å²) in [4.78, 5) is 17.7. The Bertz CT molecular complexity index is 1030. The van der Waals surface area contributed by atoms with Gasteiger partial charge in [0.2, 0.25) is 0 Å². The van der Waals surface area contributed by atoms with Gasteiger partial charge in [0.1, 0.15) is 5.76 Å². The van der Waals surface area contributed by atoms with Gasteiger partial charge in [0.25, 0.3) is 5.69 Å². The largest absolute Gasteiger partial charge is 0.467 e. The maximum Gasteiger partial charge on any atom is 0.269 e. The van der Waals surface area contributed by atoms with Crippen molar-refractivity contribution in [3.63, 3.8) is 0 Å². The van der Waals surface area contributed by atoms with Crippen molar-refractivity contribution in [2.45, 2.75) is 38.5 Å². The average Bonchev–Trinajstić information content (AvgIpc) is 3.37. The molecule has 0 saturated carbocycles. The third kappa shape index (κ3) is 6.92. The summed E-state index contributed by atoms with van der Waals surface area (Å²) in [6.07, 6.45) is 3.72. The summed E-state index contributed by atoms with van der Waals surface area (Å²) >= 11 is 0. The van der Waals surface area contributed by atoms with Gasteiger partial charge in [-0.2, -0.15) is 0 Å². The lowest BCUT2D eigenvalue weighted by atomic mass is 10.0. The van der Waals surface area contributed by atoms with Crippen LogP contribution in [-0.4, -0.2) is 34.9 Å². The molecule has 0 atom stereocenters. The van der Waals surface area contributed by atoms with Crippen LogP contribution in [-0.2, 0) is 19.6 Å². The fraction of sp³-hybridized carbons (Fsp3) is 0.320. The van der Waals surface area contributed by atoms with Crippen molar-refractivity contribution in [3.05, 3.63) is 100.0 Å². The Morgan fingerprint density at radius 3 is 2.45 bits per heavy atom. The highest BCUT2D eigenvalue weighted by molar-refractivity contribution is 5.80. The van der Waals surface area contributed by atoms with Crippen molar-refractivity contribution < 1.29 is 9.34 Å². The number of likely N-dealkylation sites (tertiary alicyclic amines) is 1. The first-order chi connectivity index (χ1) is 16.2. The van der Waals surface area contributed by atoms with Crippen molar-refractivity contribution in [2.24, 2.45) is 4.99 Å². The number of aliphatic imine (C=N–C) groups is 1. The van der Waals surface area contributed by atoms with Crippen molar-refractivity contribution in [2.75, 3.05) is 13.1 Å². The van der Waals surface area contributed by atoms with Gasteiger partial charge in [-0.25, -0.2) is 4.99 Å². The molecule has 0 amide bonds. The zero-order chi connectivity index (χ0) is 22.9. The minimum Gasteiger partial charge on any atom is -0.467 e. The van der Waals surface area contributed by atoms with E-state index in [1.54, 1.807) is 18.4 Å². The molecular weight excluding hydrogens is 418 g/mol. The number of nitro groups is 1. The van der Waals surface area contributed by atoms with Gasteiger partial charge in [0, 0.05) is 37.8 Å². The van der Waals surface area contributed by atoms with Crippen LogP contribution in [0.25, 0.3) is 0 Å². The van der Waals surface area contributed by atoms with E-state index in [0.29, 0.717) is 25.1 Å². The first kappa shape index (κ1) is 22.5. The van der Waals surface area contributed by atoms with Crippen LogP contribution in [0.15, 0.2) is 82.4 Å². The highest BCUT2D eigenvalue weighted by atomic mass is 16.6. The number of nitro benzene ring substituents is 1. The van der Waals surface area contributed by atoms with Crippen LogP contribution in [0.5, 0.6) is 0 Å². The lowest BCUT2D eigenvalue weighted by Crippen LogP contribution is -2.48. The Morgan fingerprint density at radius 1 is 1.03 bits per heavy atom. The summed E-state index contributed by atoms with van der Waals surface area (Å²) < 4.78 is 5.43. The molecule has 2 aromatic carbocycles. The van der Waals surface area contributed by atoms with E-state index in [1.165, 1.54) is 17.7 Å². The molecule has 33 heavy (non-hydrogen) atoms. The third-order valence-electron chi connectivity index (χ3n) is 5.75. The van der Waals surface area contributed by atoms with Gasteiger partial charge in [-0.15, -0.1) is 0 Å². The van der Waals surface area contributed by atoms with Gasteiger partial charge in [0.05, 0.1) is 24.3 Å². The van der Waals surface area contributed by atoms with E-state index in [2.05, 4.69) is 39.8 Å². The highest BCUT2D eigenvalue weighted by Crippen LogP contribution is 2.15. The third-order valence-corrected chi connectivity index (χ3v) is 5.75. The SMILES string of the molecule is O=[N+]([O-])c1ccc(CN=C(NCc2ccco2)NC2CCN(Cc3ccccc3)CC2)cc1. The molecule has 172 valence electrons. The molecule has 1 aromatic heterocycles. The summed E-state index contributed by atoms with van der Waals surface area (Å²) in [5, 5.41) is 17.8. The minimum atomic E-state index is -0.394. The van der Waals surface area contributed by atoms with Gasteiger partial charge < -0.3 is 15.1 Å². The number of furan rings is 1. The monoisotopic (exact) mass is 447 g/mol. The van der Waals surface area contributed by atoms with E-state index in [0.717, 1.165) is 43.8 Å². The Kier molecular flexibility index (Phi) is 7.71. The number of piperidine rings is 1. The summed E-state index contributed by atoms with van der Waals surface area (Å²) in [7, 11) is 0. The number of hydrogen-bond acceptors (Lipinski definition) is 5. The molecule has 2 N–H and O–H groups in total. The zero-order valence-electron chi connectivity index (χ0n) is 18.5. The van der Waals surface area contributed by atoms with Crippen LogP contribution >= 0.6 is 0 Å². The van der Waals surface area contributed by atoms with Gasteiger partial charge >= 0.3 is 0 Å². The lowest BCUT2D eigenvalue weighted by Gasteiger charge is -2.33. The molecule has 1 saturated heterocycles. The summed E-state index contributed by atoms with van der Waals surface area (Å²) in [5.74, 6) is 1.55. The Balaban J connectivity index is 1.34. The quantitative estimate of drug-likeness (QED) is 0.234. The zero-order valence-corrected chi connectivity index (χ0v) is 18.5. The van der Waals surface area contributed by atoms with Gasteiger partial charge in [-0.3, -0.25) is 15.0 Å². The van der Waals surface area contributed by atoms with Crippen LogP contribution in [0.2, 0.25) is 0 Å². The molecular formula is C25H29N5O3. The van der Waals surface area contributed by atoms with Gasteiger partial charge in [0.15, 0.2) is 5.96 Å². The molecule has 0 radical (unpaired) electrons. The van der Waals surface area contributed by atoms with E-state index in [4.69, 9.17) is 9.41 Å². The Morgan fingerprint density at radius 2 is 1.79 bits per heavy atom. The fourth-order valence-electron chi connectivity index (χ4n) is 3.90. The van der Waals surface area contributed by atoms with Crippen molar-refractivity contribution in [1.29, 1.82) is 0 Å². The molecule has 1 aliphatic rings. The Labute approximate surface area is 193 Å². The van der Waals surface area contributed by atoms with Crippen molar-refractivity contribution >= 4 is 11.6 Å². The molecule has 4 rings (SSSR count). The van der Waals surface area contributed by atoms with E-state index in [1.807, 2.05) is 18.2 Å². The van der Waals surface area contributed by atoms with Crippen LogP contribution in [0.4, 0.5) is 5.69 Å². The van der Waals surface area contributed by atoms with Crippen LogP contribution in [0.1, 0.15) is 29.7 Å². The maximum atomic E-state index is 10.9. The fourth-order valence-corrected chi connectivity index (χ4v) is 3.90. The number of guanidine groups is 1. The van der Waals surface area contributed by atoms with E-state index in [9.17, 15) is 10.1 Å². The number of hydrogen-bond donors (Lipinski definition) is 2. The van der Waals surface area contributed by atoms with Gasteiger partial charge in [-0.1, -0.05) is 42.5 Å². The van der Waals surface area contributed by atoms with Crippen LogP contribution in [0.3, 0.4) is 0 Å². The summed E-state index contributed by atoms with van der Waals surface area (Å²) in [5.41, 5.74) is 2.34. The number of non-ortho nitro benzene ring substituents is 1. The molecule has 0 aliphatic carbocycles. The molecule has 0 spiro atoms. The number of benzene rings is 2. The molecule has 1 aliphatic heterocycles. The van der Waals surface area contributed by atoms with Crippen LogP contribution < -0.4 is 10.6 Å². The maximum absolute atomic E-state index is 10.9. The van der Waals surface area contributed by atoms with Gasteiger partial charge in [-0.05, 0) is 36.1 Å². The molecule has 8 heteroatoms.